The third-order valence-corrected chi connectivity index (χ3v) is 4.50. The van der Waals surface area contributed by atoms with Gasteiger partial charge in [0.2, 0.25) is 5.91 Å². The Kier molecular flexibility index (Phi) is 4.46. The minimum absolute atomic E-state index is 0.0408. The lowest BCUT2D eigenvalue weighted by atomic mass is 10.0. The van der Waals surface area contributed by atoms with Gasteiger partial charge in [0.25, 0.3) is 5.56 Å². The van der Waals surface area contributed by atoms with Gasteiger partial charge in [-0.05, 0) is 30.9 Å². The lowest BCUT2D eigenvalue weighted by molar-refractivity contribution is -0.118. The predicted octanol–water partition coefficient (Wildman–Crippen LogP) is 3.17. The van der Waals surface area contributed by atoms with Crippen LogP contribution in [0.1, 0.15) is 57.7 Å². The number of carbonyl (C=O) groups excluding carboxylic acids is 1. The zero-order chi connectivity index (χ0) is 16.4. The van der Waals surface area contributed by atoms with Crippen molar-refractivity contribution in [3.05, 3.63) is 40.4 Å². The van der Waals surface area contributed by atoms with Gasteiger partial charge in [-0.1, -0.05) is 38.8 Å². The van der Waals surface area contributed by atoms with Crippen LogP contribution < -0.4 is 11.0 Å². The molecule has 2 aromatic rings. The highest BCUT2D eigenvalue weighted by molar-refractivity contribution is 5.85. The Hall–Kier alpha value is -2.17. The number of carbonyl (C=O) groups is 1. The molecule has 0 unspecified atom stereocenters. The van der Waals surface area contributed by atoms with Gasteiger partial charge in [-0.15, -0.1) is 0 Å². The van der Waals surface area contributed by atoms with Crippen LogP contribution in [0.25, 0.3) is 10.9 Å². The van der Waals surface area contributed by atoms with Gasteiger partial charge in [0.15, 0.2) is 0 Å². The number of hydrogen-bond acceptors (Lipinski definition) is 3. The van der Waals surface area contributed by atoms with E-state index in [4.69, 9.17) is 0 Å². The number of amides is 1. The molecule has 122 valence electrons. The summed E-state index contributed by atoms with van der Waals surface area (Å²) < 4.78 is 1.34. The fourth-order valence-corrected chi connectivity index (χ4v) is 3.29. The Morgan fingerprint density at radius 2 is 2.00 bits per heavy atom. The molecule has 0 saturated heterocycles. The molecule has 1 aromatic carbocycles. The molecule has 3 rings (SSSR count). The van der Waals surface area contributed by atoms with Crippen molar-refractivity contribution in [3.8, 4) is 0 Å². The van der Waals surface area contributed by atoms with E-state index < -0.39 is 0 Å². The van der Waals surface area contributed by atoms with Gasteiger partial charge in [0.1, 0.15) is 5.82 Å². The second-order valence-electron chi connectivity index (χ2n) is 6.67. The van der Waals surface area contributed by atoms with Crippen LogP contribution in [0.2, 0.25) is 0 Å². The van der Waals surface area contributed by atoms with E-state index in [1.807, 2.05) is 32.0 Å². The van der Waals surface area contributed by atoms with Crippen molar-refractivity contribution in [1.82, 2.24) is 9.66 Å². The summed E-state index contributed by atoms with van der Waals surface area (Å²) in [6, 6.07) is 7.24. The van der Waals surface area contributed by atoms with Crippen molar-refractivity contribution in [1.29, 1.82) is 0 Å². The van der Waals surface area contributed by atoms with E-state index in [1.165, 1.54) is 17.5 Å². The summed E-state index contributed by atoms with van der Waals surface area (Å²) in [5.41, 5.74) is 3.24. The predicted molar refractivity (Wildman–Crippen MR) is 91.0 cm³/mol. The van der Waals surface area contributed by atoms with E-state index in [2.05, 4.69) is 10.4 Å². The molecule has 1 fully saturated rings. The second kappa shape index (κ2) is 6.52. The molecule has 1 aromatic heterocycles. The van der Waals surface area contributed by atoms with Gasteiger partial charge >= 0.3 is 0 Å². The summed E-state index contributed by atoms with van der Waals surface area (Å²) in [5.74, 6) is 0.979. The number of benzene rings is 1. The van der Waals surface area contributed by atoms with E-state index in [0.29, 0.717) is 29.1 Å². The van der Waals surface area contributed by atoms with Crippen molar-refractivity contribution < 1.29 is 4.79 Å². The molecule has 1 saturated carbocycles. The van der Waals surface area contributed by atoms with Crippen molar-refractivity contribution in [2.45, 2.75) is 51.9 Å². The number of rotatable bonds is 4. The number of nitrogens with one attached hydrogen (secondary N) is 1. The molecule has 1 N–H and O–H groups in total. The molecule has 0 atom stereocenters. The Morgan fingerprint density at radius 1 is 1.30 bits per heavy atom. The van der Waals surface area contributed by atoms with Gasteiger partial charge in [-0.3, -0.25) is 15.0 Å². The third-order valence-electron chi connectivity index (χ3n) is 4.50. The van der Waals surface area contributed by atoms with Gasteiger partial charge < -0.3 is 0 Å². The Labute approximate surface area is 135 Å². The van der Waals surface area contributed by atoms with Gasteiger partial charge in [-0.2, -0.15) is 0 Å². The van der Waals surface area contributed by atoms with E-state index >= 15 is 0 Å². The average Bonchev–Trinajstić information content (AvgIpc) is 3.02. The summed E-state index contributed by atoms with van der Waals surface area (Å²) in [6.45, 7) is 3.94. The molecule has 0 aliphatic heterocycles. The topological polar surface area (TPSA) is 64.0 Å². The molecule has 1 heterocycles. The van der Waals surface area contributed by atoms with Crippen LogP contribution in [0, 0.1) is 5.92 Å². The summed E-state index contributed by atoms with van der Waals surface area (Å²) in [5, 5.41) is 0.526. The molecule has 1 aliphatic carbocycles. The first kappa shape index (κ1) is 15.7. The molecule has 0 spiro atoms. The van der Waals surface area contributed by atoms with E-state index in [0.717, 1.165) is 12.8 Å². The Bertz CT molecular complexity index is 773. The standard InChI is InChI=1S/C18H23N3O2/c1-12(2)17-19-15-10-6-5-9-14(15)18(23)21(17)20-16(22)11-13-7-3-4-8-13/h5-6,9-10,12-13H,3-4,7-8,11H2,1-2H3,(H,20,22). The van der Waals surface area contributed by atoms with Crippen molar-refractivity contribution >= 4 is 16.8 Å². The fourth-order valence-electron chi connectivity index (χ4n) is 3.29. The third kappa shape index (κ3) is 3.28. The smallest absolute Gasteiger partial charge is 0.273 e. The first-order chi connectivity index (χ1) is 11.1. The van der Waals surface area contributed by atoms with Crippen LogP contribution in [0.5, 0.6) is 0 Å². The maximum Gasteiger partial charge on any atom is 0.280 e. The van der Waals surface area contributed by atoms with E-state index in [9.17, 15) is 9.59 Å². The second-order valence-corrected chi connectivity index (χ2v) is 6.67. The zero-order valence-corrected chi connectivity index (χ0v) is 13.7. The number of nitrogens with zero attached hydrogens (tertiary/aromatic N) is 2. The molecular weight excluding hydrogens is 290 g/mol. The van der Waals surface area contributed by atoms with E-state index in [1.54, 1.807) is 6.07 Å². The molecule has 23 heavy (non-hydrogen) atoms. The maximum atomic E-state index is 12.7. The van der Waals surface area contributed by atoms with Crippen LogP contribution in [-0.2, 0) is 4.79 Å². The minimum atomic E-state index is -0.209. The number of aromatic nitrogens is 2. The zero-order valence-electron chi connectivity index (χ0n) is 13.7. The molecule has 1 aliphatic rings. The van der Waals surface area contributed by atoms with Crippen molar-refractivity contribution in [3.63, 3.8) is 0 Å². The molecule has 0 bridgehead atoms. The molecule has 5 nitrogen and oxygen atoms in total. The number of fused-ring (bicyclic) bond motifs is 1. The van der Waals surface area contributed by atoms with Crippen LogP contribution in [-0.4, -0.2) is 15.6 Å². The van der Waals surface area contributed by atoms with Crippen LogP contribution in [0.3, 0.4) is 0 Å². The Morgan fingerprint density at radius 3 is 2.70 bits per heavy atom. The highest BCUT2D eigenvalue weighted by Crippen LogP contribution is 2.27. The average molecular weight is 313 g/mol. The summed E-state index contributed by atoms with van der Waals surface area (Å²) >= 11 is 0. The largest absolute Gasteiger partial charge is 0.280 e. The monoisotopic (exact) mass is 313 g/mol. The summed E-state index contributed by atoms with van der Waals surface area (Å²) in [4.78, 5) is 29.6. The van der Waals surface area contributed by atoms with Crippen molar-refractivity contribution in [2.75, 3.05) is 5.43 Å². The number of hydrogen-bond donors (Lipinski definition) is 1. The molecule has 0 radical (unpaired) electrons. The van der Waals surface area contributed by atoms with E-state index in [-0.39, 0.29) is 17.4 Å². The fraction of sp³-hybridized carbons (Fsp3) is 0.500. The molecule has 5 heteroatoms. The van der Waals surface area contributed by atoms with Gasteiger partial charge in [-0.25, -0.2) is 9.66 Å². The summed E-state index contributed by atoms with van der Waals surface area (Å²) in [7, 11) is 0. The summed E-state index contributed by atoms with van der Waals surface area (Å²) in [6.07, 6.45) is 5.10. The lowest BCUT2D eigenvalue weighted by Gasteiger charge is -2.17. The first-order valence-corrected chi connectivity index (χ1v) is 8.38. The lowest BCUT2D eigenvalue weighted by Crippen LogP contribution is -2.37. The molecule has 1 amide bonds. The quantitative estimate of drug-likeness (QED) is 0.943. The SMILES string of the molecule is CC(C)c1nc2ccccc2c(=O)n1NC(=O)CC1CCCC1. The maximum absolute atomic E-state index is 12.7. The first-order valence-electron chi connectivity index (χ1n) is 8.38. The number of para-hydroxylation sites is 1. The molecular formula is C18H23N3O2. The van der Waals surface area contributed by atoms with Gasteiger partial charge in [0, 0.05) is 12.3 Å². The van der Waals surface area contributed by atoms with Crippen molar-refractivity contribution in [2.24, 2.45) is 5.92 Å². The van der Waals surface area contributed by atoms with Gasteiger partial charge in [0.05, 0.1) is 10.9 Å². The van der Waals surface area contributed by atoms with Crippen LogP contribution >= 0.6 is 0 Å². The Balaban J connectivity index is 1.94. The minimum Gasteiger partial charge on any atom is -0.273 e. The normalized spacial score (nSPS) is 15.4. The van der Waals surface area contributed by atoms with Crippen LogP contribution in [0.4, 0.5) is 0 Å². The van der Waals surface area contributed by atoms with Crippen LogP contribution in [0.15, 0.2) is 29.1 Å². The highest BCUT2D eigenvalue weighted by Gasteiger charge is 2.20. The highest BCUT2D eigenvalue weighted by atomic mass is 16.2.